The molecule has 294 valence electrons. The molecule has 0 aliphatic carbocycles. The number of fused-ring (bicyclic) bond motifs is 4. The quantitative estimate of drug-likeness (QED) is 0.180. The Bertz CT molecular complexity index is 1230. The van der Waals surface area contributed by atoms with E-state index in [9.17, 15) is 0 Å². The molecule has 4 aromatic carbocycles. The molecule has 0 spiro atoms. The van der Waals surface area contributed by atoms with Gasteiger partial charge in [-0.2, -0.15) is 0 Å². The van der Waals surface area contributed by atoms with Gasteiger partial charge in [0.05, 0.1) is 19.8 Å². The van der Waals surface area contributed by atoms with Gasteiger partial charge in [0, 0.05) is 6.42 Å². The zero-order chi connectivity index (χ0) is 39.4. The summed E-state index contributed by atoms with van der Waals surface area (Å²) in [6.45, 7) is 30.2. The molecule has 8 rings (SSSR count). The topological polar surface area (TPSA) is 55.4 Å². The lowest BCUT2D eigenvalue weighted by Crippen LogP contribution is -2.14. The van der Waals surface area contributed by atoms with Gasteiger partial charge < -0.3 is 28.4 Å². The molecule has 6 heteroatoms. The van der Waals surface area contributed by atoms with Crippen LogP contribution in [0.2, 0.25) is 0 Å². The summed E-state index contributed by atoms with van der Waals surface area (Å²) >= 11 is 0. The molecule has 0 N–H and O–H groups in total. The standard InChI is InChI=1S/C8H8O2.2C8H8O.C7H6O2.4C4H10/c1-2-4-8-7(3-1)9-5-6-10-8;1-2-4-8-6-9-5-7(8)3-1;1-2-4-8-7(3-1)5-6-9-8;1-2-4-7-6(3-1)8-5-9-7;4*1-4(2)3/h1-4H,5-6H2;2*1-4H,5-6H2;1-4H,5H2;4*4H,1-3H3. The maximum Gasteiger partial charge on any atom is 0.231 e. The molecule has 0 bridgehead atoms. The van der Waals surface area contributed by atoms with E-state index in [1.165, 1.54) is 16.7 Å². The number of hydrogen-bond acceptors (Lipinski definition) is 6. The number of ether oxygens (including phenoxy) is 6. The highest BCUT2D eigenvalue weighted by atomic mass is 16.7. The van der Waals surface area contributed by atoms with Gasteiger partial charge in [0.15, 0.2) is 23.0 Å². The van der Waals surface area contributed by atoms with Crippen molar-refractivity contribution in [1.29, 1.82) is 0 Å². The summed E-state index contributed by atoms with van der Waals surface area (Å²) in [6.07, 6.45) is 1.08. The van der Waals surface area contributed by atoms with Crippen molar-refractivity contribution in [3.63, 3.8) is 0 Å². The molecule has 0 aromatic heterocycles. The molecule has 0 radical (unpaired) electrons. The minimum absolute atomic E-state index is 0.360. The van der Waals surface area contributed by atoms with Crippen LogP contribution in [0.5, 0.6) is 28.7 Å². The minimum atomic E-state index is 0.360. The second-order valence-corrected chi connectivity index (χ2v) is 15.4. The van der Waals surface area contributed by atoms with Crippen LogP contribution in [0.15, 0.2) is 97.1 Å². The molecular weight excluding hydrogens is 661 g/mol. The first kappa shape index (κ1) is 46.9. The van der Waals surface area contributed by atoms with Crippen LogP contribution in [0.3, 0.4) is 0 Å². The number of benzene rings is 4. The van der Waals surface area contributed by atoms with Crippen LogP contribution < -0.4 is 23.7 Å². The van der Waals surface area contributed by atoms with Crippen LogP contribution in [-0.4, -0.2) is 26.6 Å². The van der Waals surface area contributed by atoms with E-state index in [1.807, 2.05) is 78.9 Å². The van der Waals surface area contributed by atoms with E-state index in [4.69, 9.17) is 28.4 Å². The van der Waals surface area contributed by atoms with Crippen molar-refractivity contribution in [3.8, 4) is 28.7 Å². The van der Waals surface area contributed by atoms with Crippen LogP contribution in [0, 0.1) is 23.7 Å². The predicted molar refractivity (Wildman–Crippen MR) is 223 cm³/mol. The highest BCUT2D eigenvalue weighted by Crippen LogP contribution is 2.30. The largest absolute Gasteiger partial charge is 0.493 e. The second-order valence-electron chi connectivity index (χ2n) is 15.4. The Balaban J connectivity index is 0.000000313. The Morgan fingerprint density at radius 3 is 0.981 bits per heavy atom. The number of para-hydroxylation sites is 5. The minimum Gasteiger partial charge on any atom is -0.493 e. The van der Waals surface area contributed by atoms with E-state index in [1.54, 1.807) is 0 Å². The van der Waals surface area contributed by atoms with E-state index in [0.717, 1.165) is 78.7 Å². The molecule has 4 aliphatic heterocycles. The first-order chi connectivity index (χ1) is 25.3. The van der Waals surface area contributed by atoms with Crippen molar-refractivity contribution < 1.29 is 28.4 Å². The van der Waals surface area contributed by atoms with Crippen molar-refractivity contribution in [2.45, 2.75) is 103 Å². The van der Waals surface area contributed by atoms with Crippen LogP contribution in [0.1, 0.15) is 99.8 Å². The van der Waals surface area contributed by atoms with E-state index in [0.29, 0.717) is 20.0 Å². The van der Waals surface area contributed by atoms with Gasteiger partial charge in [0.1, 0.15) is 19.0 Å². The van der Waals surface area contributed by atoms with Crippen molar-refractivity contribution in [1.82, 2.24) is 0 Å². The van der Waals surface area contributed by atoms with Gasteiger partial charge in [-0.15, -0.1) is 0 Å². The molecule has 4 aromatic rings. The highest BCUT2D eigenvalue weighted by Gasteiger charge is 2.11. The Labute approximate surface area is 323 Å². The molecule has 4 heterocycles. The molecule has 0 saturated carbocycles. The predicted octanol–water partition coefficient (Wildman–Crippen LogP) is 12.9. The Morgan fingerprint density at radius 1 is 0.340 bits per heavy atom. The molecule has 4 aliphatic rings. The fourth-order valence-corrected chi connectivity index (χ4v) is 4.07. The molecule has 53 heavy (non-hydrogen) atoms. The van der Waals surface area contributed by atoms with Gasteiger partial charge in [-0.05, 0) is 70.7 Å². The molecule has 6 nitrogen and oxygen atoms in total. The Hall–Kier alpha value is -4.16. The summed E-state index contributed by atoms with van der Waals surface area (Å²) in [5.74, 6) is 7.80. The Morgan fingerprint density at radius 2 is 0.623 bits per heavy atom. The average molecular weight is 731 g/mol. The summed E-state index contributed by atoms with van der Waals surface area (Å²) in [6, 6.07) is 31.8. The lowest BCUT2D eigenvalue weighted by atomic mass is 10.1. The normalized spacial score (nSPS) is 13.0. The van der Waals surface area contributed by atoms with E-state index < -0.39 is 0 Å². The zero-order valence-electron chi connectivity index (χ0n) is 34.9. The Kier molecular flexibility index (Phi) is 25.1. The third-order valence-electron chi connectivity index (χ3n) is 5.96. The molecule has 0 amide bonds. The van der Waals surface area contributed by atoms with Gasteiger partial charge in [0.2, 0.25) is 6.79 Å². The lowest BCUT2D eigenvalue weighted by molar-refractivity contribution is 0.134. The molecule has 0 atom stereocenters. The zero-order valence-corrected chi connectivity index (χ0v) is 34.9. The first-order valence-corrected chi connectivity index (χ1v) is 19.3. The summed E-state index contributed by atoms with van der Waals surface area (Å²) in [5, 5.41) is 0. The fourth-order valence-electron chi connectivity index (χ4n) is 4.07. The second kappa shape index (κ2) is 28.4. The van der Waals surface area contributed by atoms with Crippen LogP contribution in [-0.2, 0) is 24.4 Å². The summed E-state index contributed by atoms with van der Waals surface area (Å²) in [5.41, 5.74) is 4.03. The number of rotatable bonds is 0. The van der Waals surface area contributed by atoms with Gasteiger partial charge in [0.25, 0.3) is 0 Å². The van der Waals surface area contributed by atoms with Gasteiger partial charge in [-0.3, -0.25) is 0 Å². The molecule has 0 unspecified atom stereocenters. The smallest absolute Gasteiger partial charge is 0.231 e. The van der Waals surface area contributed by atoms with E-state index >= 15 is 0 Å². The maximum absolute atomic E-state index is 5.30. The lowest BCUT2D eigenvalue weighted by Gasteiger charge is -2.17. The van der Waals surface area contributed by atoms with Crippen molar-refractivity contribution >= 4 is 0 Å². The first-order valence-electron chi connectivity index (χ1n) is 19.3. The van der Waals surface area contributed by atoms with Gasteiger partial charge >= 0.3 is 0 Å². The molecule has 0 saturated heterocycles. The van der Waals surface area contributed by atoms with Crippen LogP contribution >= 0.6 is 0 Å². The van der Waals surface area contributed by atoms with Crippen molar-refractivity contribution in [2.24, 2.45) is 23.7 Å². The monoisotopic (exact) mass is 731 g/mol. The SMILES string of the molecule is CC(C)C.CC(C)C.CC(C)C.CC(C)C.c1ccc2c(c1)CCO2.c1ccc2c(c1)COC2.c1ccc2c(c1)OCCO2.c1ccc2c(c1)OCO2. The van der Waals surface area contributed by atoms with Crippen molar-refractivity contribution in [2.75, 3.05) is 26.6 Å². The van der Waals surface area contributed by atoms with E-state index in [2.05, 4.69) is 101 Å². The average Bonchev–Trinajstić information content (AvgIpc) is 3.89. The van der Waals surface area contributed by atoms with Crippen molar-refractivity contribution in [3.05, 3.63) is 114 Å². The highest BCUT2D eigenvalue weighted by molar-refractivity contribution is 5.41. The van der Waals surface area contributed by atoms with Crippen LogP contribution in [0.4, 0.5) is 0 Å². The third-order valence-corrected chi connectivity index (χ3v) is 5.96. The summed E-state index contributed by atoms with van der Waals surface area (Å²) in [4.78, 5) is 0. The van der Waals surface area contributed by atoms with Gasteiger partial charge in [-0.1, -0.05) is 150 Å². The van der Waals surface area contributed by atoms with Gasteiger partial charge in [-0.25, -0.2) is 0 Å². The summed E-state index contributed by atoms with van der Waals surface area (Å²) < 4.78 is 31.3. The fraction of sp³-hybridized carbons (Fsp3) is 0.489. The van der Waals surface area contributed by atoms with E-state index in [-0.39, 0.29) is 0 Å². The molecular formula is C47H70O6. The number of hydrogen-bond donors (Lipinski definition) is 0. The maximum atomic E-state index is 5.30. The third kappa shape index (κ3) is 23.9. The summed E-state index contributed by atoms with van der Waals surface area (Å²) in [7, 11) is 0. The molecule has 0 fully saturated rings. The van der Waals surface area contributed by atoms with Crippen LogP contribution in [0.25, 0.3) is 0 Å².